The van der Waals surface area contributed by atoms with Crippen molar-refractivity contribution in [1.82, 2.24) is 0 Å². The fraction of sp³-hybridized carbons (Fsp3) is 0.571. The van der Waals surface area contributed by atoms with Gasteiger partial charge in [-0.05, 0) is 37.3 Å². The number of rotatable bonds is 6. The quantitative estimate of drug-likeness (QED) is 0.729. The van der Waals surface area contributed by atoms with E-state index < -0.39 is 11.7 Å². The summed E-state index contributed by atoms with van der Waals surface area (Å²) in [6.07, 6.45) is -1.09. The lowest BCUT2D eigenvalue weighted by Crippen LogP contribution is -2.30. The fourth-order valence-electron chi connectivity index (χ4n) is 2.27. The van der Waals surface area contributed by atoms with Crippen molar-refractivity contribution in [2.75, 3.05) is 0 Å². The van der Waals surface area contributed by atoms with Gasteiger partial charge < -0.3 is 4.43 Å². The second kappa shape index (κ2) is 6.57. The Morgan fingerprint density at radius 1 is 1.16 bits per heavy atom. The van der Waals surface area contributed by atoms with Crippen LogP contribution in [0.4, 0.5) is 13.2 Å². The van der Waals surface area contributed by atoms with Gasteiger partial charge in [-0.15, -0.1) is 0 Å². The second-order valence-electron chi connectivity index (χ2n) is 4.79. The minimum Gasteiger partial charge on any atom is -0.422 e. The van der Waals surface area contributed by atoms with Crippen molar-refractivity contribution in [3.63, 3.8) is 0 Å². The number of hydrogen-bond donors (Lipinski definition) is 0. The van der Waals surface area contributed by atoms with Crippen LogP contribution in [0.1, 0.15) is 44.2 Å². The van der Waals surface area contributed by atoms with Crippen LogP contribution in [-0.2, 0) is 17.0 Å². The molecule has 108 valence electrons. The highest BCUT2D eigenvalue weighted by Gasteiger charge is 2.30. The molecule has 0 amide bonds. The van der Waals surface area contributed by atoms with Crippen molar-refractivity contribution in [1.29, 1.82) is 0 Å². The Morgan fingerprint density at radius 3 is 2.26 bits per heavy atom. The van der Waals surface area contributed by atoms with E-state index in [-0.39, 0.29) is 5.60 Å². The smallest absolute Gasteiger partial charge is 0.416 e. The van der Waals surface area contributed by atoms with Crippen LogP contribution in [0.3, 0.4) is 0 Å². The Hall–Kier alpha value is -0.813. The Labute approximate surface area is 115 Å². The standard InChI is InChI=1S/C14H21F3OSi/c1-3-13(4-2,18-19)9-8-11-6-5-7-12(10-11)14(15,16)17/h5-7,10H,3-4,8-9H2,1-2,19H3. The van der Waals surface area contributed by atoms with Crippen LogP contribution >= 0.6 is 0 Å². The van der Waals surface area contributed by atoms with Crippen molar-refractivity contribution in [3.8, 4) is 0 Å². The van der Waals surface area contributed by atoms with E-state index in [4.69, 9.17) is 4.43 Å². The van der Waals surface area contributed by atoms with Gasteiger partial charge in [0, 0.05) is 0 Å². The van der Waals surface area contributed by atoms with Crippen LogP contribution in [0.2, 0.25) is 0 Å². The third-order valence-electron chi connectivity index (χ3n) is 3.85. The summed E-state index contributed by atoms with van der Waals surface area (Å²) in [5.74, 6) is 0. The first-order chi connectivity index (χ1) is 8.87. The molecular formula is C14H21F3OSi. The zero-order valence-corrected chi connectivity index (χ0v) is 13.7. The van der Waals surface area contributed by atoms with Crippen molar-refractivity contribution in [2.24, 2.45) is 0 Å². The molecule has 5 heteroatoms. The van der Waals surface area contributed by atoms with Gasteiger partial charge in [0.25, 0.3) is 0 Å². The summed E-state index contributed by atoms with van der Waals surface area (Å²) >= 11 is 0. The van der Waals surface area contributed by atoms with Crippen molar-refractivity contribution in [2.45, 2.75) is 51.3 Å². The zero-order valence-electron chi connectivity index (χ0n) is 11.7. The molecule has 1 nitrogen and oxygen atoms in total. The molecule has 0 saturated carbocycles. The Kier molecular flexibility index (Phi) is 5.61. The number of alkyl halides is 3. The van der Waals surface area contributed by atoms with Gasteiger partial charge in [-0.2, -0.15) is 13.2 Å². The molecule has 0 spiro atoms. The first-order valence-electron chi connectivity index (χ1n) is 6.58. The van der Waals surface area contributed by atoms with Gasteiger partial charge in [-0.1, -0.05) is 32.0 Å². The van der Waals surface area contributed by atoms with E-state index in [9.17, 15) is 13.2 Å². The van der Waals surface area contributed by atoms with E-state index >= 15 is 0 Å². The lowest BCUT2D eigenvalue weighted by molar-refractivity contribution is -0.137. The molecule has 0 aliphatic rings. The molecule has 0 saturated heterocycles. The number of benzene rings is 1. The average molecular weight is 290 g/mol. The van der Waals surface area contributed by atoms with Crippen molar-refractivity contribution in [3.05, 3.63) is 35.4 Å². The summed E-state index contributed by atoms with van der Waals surface area (Å²) < 4.78 is 43.5. The van der Waals surface area contributed by atoms with Crippen molar-refractivity contribution < 1.29 is 17.6 Å². The van der Waals surface area contributed by atoms with Crippen molar-refractivity contribution >= 4 is 10.5 Å². The molecule has 0 fully saturated rings. The molecule has 0 aliphatic heterocycles. The fourth-order valence-corrected chi connectivity index (χ4v) is 3.05. The molecule has 1 rings (SSSR count). The third kappa shape index (κ3) is 4.35. The van der Waals surface area contributed by atoms with Crippen LogP contribution < -0.4 is 0 Å². The monoisotopic (exact) mass is 290 g/mol. The maximum atomic E-state index is 12.6. The molecule has 0 unspecified atom stereocenters. The van der Waals surface area contributed by atoms with E-state index in [1.165, 1.54) is 12.1 Å². The Morgan fingerprint density at radius 2 is 1.79 bits per heavy atom. The molecule has 1 aromatic carbocycles. The molecule has 0 aromatic heterocycles. The summed E-state index contributed by atoms with van der Waals surface area (Å²) in [7, 11) is 0.653. The van der Waals surface area contributed by atoms with Crippen LogP contribution in [0.25, 0.3) is 0 Å². The summed E-state index contributed by atoms with van der Waals surface area (Å²) in [5.41, 5.74) is -0.0179. The maximum Gasteiger partial charge on any atom is 0.416 e. The van der Waals surface area contributed by atoms with E-state index in [0.29, 0.717) is 16.9 Å². The molecule has 1 aromatic rings. The van der Waals surface area contributed by atoms with Gasteiger partial charge in [0.15, 0.2) is 0 Å². The van der Waals surface area contributed by atoms with Crippen LogP contribution in [0.5, 0.6) is 0 Å². The highest BCUT2D eigenvalue weighted by Crippen LogP contribution is 2.31. The van der Waals surface area contributed by atoms with E-state index in [1.807, 2.05) is 0 Å². The normalized spacial score (nSPS) is 12.9. The molecule has 0 radical (unpaired) electrons. The van der Waals surface area contributed by atoms with E-state index in [2.05, 4.69) is 13.8 Å². The minimum absolute atomic E-state index is 0.166. The molecule has 0 N–H and O–H groups in total. The highest BCUT2D eigenvalue weighted by atomic mass is 28.2. The summed E-state index contributed by atoms with van der Waals surface area (Å²) in [5, 5.41) is 0. The maximum absolute atomic E-state index is 12.6. The lowest BCUT2D eigenvalue weighted by atomic mass is 9.89. The predicted octanol–water partition coefficient (Wildman–Crippen LogP) is 3.49. The van der Waals surface area contributed by atoms with Gasteiger partial charge in [-0.3, -0.25) is 0 Å². The summed E-state index contributed by atoms with van der Waals surface area (Å²) in [6.45, 7) is 4.13. The van der Waals surface area contributed by atoms with Crippen LogP contribution in [-0.4, -0.2) is 16.1 Å². The average Bonchev–Trinajstić information content (AvgIpc) is 2.40. The Bertz CT molecular complexity index is 392. The predicted molar refractivity (Wildman–Crippen MR) is 74.1 cm³/mol. The Balaban J connectivity index is 2.78. The molecule has 0 heterocycles. The first-order valence-corrected chi connectivity index (χ1v) is 7.40. The van der Waals surface area contributed by atoms with Gasteiger partial charge in [0.2, 0.25) is 0 Å². The van der Waals surface area contributed by atoms with E-state index in [0.717, 1.165) is 30.9 Å². The van der Waals surface area contributed by atoms with Gasteiger partial charge in [0.1, 0.15) is 10.5 Å². The second-order valence-corrected chi connectivity index (χ2v) is 5.20. The zero-order chi connectivity index (χ0) is 14.5. The SMILES string of the molecule is CCC(CC)(CCc1cccc(C(F)(F)F)c1)O[SiH3]. The topological polar surface area (TPSA) is 9.23 Å². The molecule has 19 heavy (non-hydrogen) atoms. The third-order valence-corrected chi connectivity index (χ3v) is 4.71. The van der Waals surface area contributed by atoms with Crippen LogP contribution in [0, 0.1) is 0 Å². The minimum atomic E-state index is -4.27. The van der Waals surface area contributed by atoms with Gasteiger partial charge >= 0.3 is 6.18 Å². The number of hydrogen-bond acceptors (Lipinski definition) is 1. The molecular weight excluding hydrogens is 269 g/mol. The summed E-state index contributed by atoms with van der Waals surface area (Å²) in [6, 6.07) is 5.57. The van der Waals surface area contributed by atoms with Gasteiger partial charge in [0.05, 0.1) is 11.2 Å². The number of halogens is 3. The van der Waals surface area contributed by atoms with Crippen LogP contribution in [0.15, 0.2) is 24.3 Å². The lowest BCUT2D eigenvalue weighted by Gasteiger charge is -2.31. The van der Waals surface area contributed by atoms with Gasteiger partial charge in [-0.25, -0.2) is 0 Å². The largest absolute Gasteiger partial charge is 0.422 e. The molecule has 0 bridgehead atoms. The molecule has 0 atom stereocenters. The summed E-state index contributed by atoms with van der Waals surface area (Å²) in [4.78, 5) is 0. The number of aryl methyl sites for hydroxylation is 1. The molecule has 0 aliphatic carbocycles. The first kappa shape index (κ1) is 16.2. The highest BCUT2D eigenvalue weighted by molar-refractivity contribution is 5.98. The van der Waals surface area contributed by atoms with E-state index in [1.54, 1.807) is 6.07 Å².